The van der Waals surface area contributed by atoms with Gasteiger partial charge >= 0.3 is 6.18 Å². The molecule has 0 N–H and O–H groups in total. The average Bonchev–Trinajstić information content (AvgIpc) is 3.50. The summed E-state index contributed by atoms with van der Waals surface area (Å²) in [6.07, 6.45) is -0.453. The van der Waals surface area contributed by atoms with Gasteiger partial charge in [-0.25, -0.2) is 9.97 Å². The molecule has 2 unspecified atom stereocenters. The normalized spacial score (nSPS) is 24.9. The second kappa shape index (κ2) is 9.54. The van der Waals surface area contributed by atoms with Crippen LogP contribution in [-0.2, 0) is 23.9 Å². The zero-order valence-corrected chi connectivity index (χ0v) is 21.0. The predicted molar refractivity (Wildman–Crippen MR) is 131 cm³/mol. The van der Waals surface area contributed by atoms with Crippen molar-refractivity contribution in [2.24, 2.45) is 11.8 Å². The van der Waals surface area contributed by atoms with E-state index in [4.69, 9.17) is 4.74 Å². The highest BCUT2D eigenvalue weighted by Gasteiger charge is 2.41. The summed E-state index contributed by atoms with van der Waals surface area (Å²) >= 11 is 0. The van der Waals surface area contributed by atoms with Crippen molar-refractivity contribution < 1.29 is 22.7 Å². The molecule has 37 heavy (non-hydrogen) atoms. The second-order valence-corrected chi connectivity index (χ2v) is 10.9. The van der Waals surface area contributed by atoms with Crippen molar-refractivity contribution in [2.45, 2.75) is 44.9 Å². The molecule has 198 valence electrons. The Morgan fingerprint density at radius 3 is 2.46 bits per heavy atom. The molecule has 3 fully saturated rings. The van der Waals surface area contributed by atoms with Gasteiger partial charge in [-0.2, -0.15) is 13.2 Å². The molecule has 0 bridgehead atoms. The lowest BCUT2D eigenvalue weighted by molar-refractivity contribution is -0.137. The topological polar surface area (TPSA) is 61.8 Å². The molecule has 10 heteroatoms. The van der Waals surface area contributed by atoms with Gasteiger partial charge in [0.05, 0.1) is 18.8 Å². The maximum Gasteiger partial charge on any atom is 0.416 e. The summed E-state index contributed by atoms with van der Waals surface area (Å²) in [5.41, 5.74) is 1.98. The fourth-order valence-electron chi connectivity index (χ4n) is 6.49. The van der Waals surface area contributed by atoms with Crippen LogP contribution in [0.2, 0.25) is 0 Å². The van der Waals surface area contributed by atoms with Crippen molar-refractivity contribution in [1.29, 1.82) is 0 Å². The Labute approximate surface area is 214 Å². The Balaban J connectivity index is 1.13. The standard InChI is InChI=1S/C27H32F3N5O2/c1-17-24(26(36)33-8-5-23(6-9-33)35-12-20-14-37-15-21(20)13-35)31-16-32-25(17)34-7-4-18-2-3-22(27(28,29)30)10-19(18)11-34/h2-3,10,16,20-21,23H,4-9,11-15H2,1H3. The quantitative estimate of drug-likeness (QED) is 0.623. The van der Waals surface area contributed by atoms with E-state index in [1.807, 2.05) is 16.7 Å². The maximum absolute atomic E-state index is 13.5. The van der Waals surface area contributed by atoms with Crippen LogP contribution < -0.4 is 4.90 Å². The zero-order valence-electron chi connectivity index (χ0n) is 21.0. The number of rotatable bonds is 3. The van der Waals surface area contributed by atoms with E-state index in [0.29, 0.717) is 73.1 Å². The molecule has 4 aliphatic heterocycles. The van der Waals surface area contributed by atoms with Crippen LogP contribution in [0.3, 0.4) is 0 Å². The highest BCUT2D eigenvalue weighted by atomic mass is 19.4. The lowest BCUT2D eigenvalue weighted by atomic mass is 9.96. The third kappa shape index (κ3) is 4.69. The molecule has 0 aliphatic carbocycles. The summed E-state index contributed by atoms with van der Waals surface area (Å²) in [7, 11) is 0. The fraction of sp³-hybridized carbons (Fsp3) is 0.593. The van der Waals surface area contributed by atoms with Crippen LogP contribution in [0.4, 0.5) is 19.0 Å². The first-order valence-electron chi connectivity index (χ1n) is 13.1. The average molecular weight is 516 g/mol. The third-order valence-corrected chi connectivity index (χ3v) is 8.64. The van der Waals surface area contributed by atoms with Gasteiger partial charge in [-0.15, -0.1) is 0 Å². The lowest BCUT2D eigenvalue weighted by Gasteiger charge is -2.37. The van der Waals surface area contributed by atoms with E-state index in [1.54, 1.807) is 6.07 Å². The van der Waals surface area contributed by atoms with Crippen molar-refractivity contribution in [2.75, 3.05) is 50.8 Å². The van der Waals surface area contributed by atoms with Crippen molar-refractivity contribution >= 4 is 11.7 Å². The molecular weight excluding hydrogens is 483 g/mol. The first kappa shape index (κ1) is 24.6. The van der Waals surface area contributed by atoms with Crippen molar-refractivity contribution in [3.63, 3.8) is 0 Å². The van der Waals surface area contributed by atoms with Gasteiger partial charge in [0.25, 0.3) is 5.91 Å². The minimum atomic E-state index is -4.38. The summed E-state index contributed by atoms with van der Waals surface area (Å²) in [5, 5.41) is 0. The molecule has 3 saturated heterocycles. The Morgan fingerprint density at radius 2 is 1.76 bits per heavy atom. The van der Waals surface area contributed by atoms with E-state index in [1.165, 1.54) is 12.4 Å². The Kier molecular flexibility index (Phi) is 6.35. The third-order valence-electron chi connectivity index (χ3n) is 8.64. The van der Waals surface area contributed by atoms with Gasteiger partial charge in [0.2, 0.25) is 0 Å². The number of nitrogens with zero attached hydrogens (tertiary/aromatic N) is 5. The van der Waals surface area contributed by atoms with E-state index < -0.39 is 11.7 Å². The van der Waals surface area contributed by atoms with Gasteiger partial charge in [0, 0.05) is 62.7 Å². The summed E-state index contributed by atoms with van der Waals surface area (Å²) < 4.78 is 45.3. The van der Waals surface area contributed by atoms with Crippen LogP contribution >= 0.6 is 0 Å². The van der Waals surface area contributed by atoms with Gasteiger partial charge in [-0.05, 0) is 49.4 Å². The Hall–Kier alpha value is -2.72. The molecule has 1 aromatic heterocycles. The summed E-state index contributed by atoms with van der Waals surface area (Å²) in [5.74, 6) is 1.83. The van der Waals surface area contributed by atoms with Crippen LogP contribution in [0, 0.1) is 18.8 Å². The number of likely N-dealkylation sites (tertiary alicyclic amines) is 2. The first-order valence-corrected chi connectivity index (χ1v) is 13.1. The smallest absolute Gasteiger partial charge is 0.381 e. The summed E-state index contributed by atoms with van der Waals surface area (Å²) in [4.78, 5) is 28.7. The minimum absolute atomic E-state index is 0.0944. The number of aromatic nitrogens is 2. The van der Waals surface area contributed by atoms with E-state index >= 15 is 0 Å². The minimum Gasteiger partial charge on any atom is -0.381 e. The second-order valence-electron chi connectivity index (χ2n) is 10.9. The highest BCUT2D eigenvalue weighted by Crippen LogP contribution is 2.35. The number of halogens is 3. The first-order chi connectivity index (χ1) is 17.8. The molecule has 5 heterocycles. The molecule has 6 rings (SSSR count). The van der Waals surface area contributed by atoms with E-state index in [0.717, 1.165) is 50.8 Å². The van der Waals surface area contributed by atoms with Gasteiger partial charge in [-0.1, -0.05) is 6.07 Å². The number of piperidine rings is 1. The Bertz CT molecular complexity index is 1170. The van der Waals surface area contributed by atoms with Gasteiger partial charge < -0.3 is 14.5 Å². The lowest BCUT2D eigenvalue weighted by Crippen LogP contribution is -2.46. The summed E-state index contributed by atoms with van der Waals surface area (Å²) in [6.45, 7) is 8.12. The molecule has 7 nitrogen and oxygen atoms in total. The van der Waals surface area contributed by atoms with Crippen molar-refractivity contribution in [1.82, 2.24) is 19.8 Å². The van der Waals surface area contributed by atoms with Crippen molar-refractivity contribution in [3.8, 4) is 0 Å². The van der Waals surface area contributed by atoms with Crippen LogP contribution in [-0.4, -0.2) is 77.7 Å². The molecular formula is C27H32F3N5O2. The molecule has 2 aromatic rings. The molecule has 4 aliphatic rings. The van der Waals surface area contributed by atoms with Crippen molar-refractivity contribution in [3.05, 3.63) is 52.5 Å². The van der Waals surface area contributed by atoms with Gasteiger partial charge in [0.1, 0.15) is 17.8 Å². The van der Waals surface area contributed by atoms with Crippen LogP contribution in [0.15, 0.2) is 24.5 Å². The number of benzene rings is 1. The Morgan fingerprint density at radius 1 is 1.03 bits per heavy atom. The number of carbonyl (C=O) groups is 1. The molecule has 0 radical (unpaired) electrons. The monoisotopic (exact) mass is 515 g/mol. The zero-order chi connectivity index (χ0) is 25.7. The van der Waals surface area contributed by atoms with E-state index in [-0.39, 0.29) is 5.91 Å². The number of fused-ring (bicyclic) bond motifs is 2. The predicted octanol–water partition coefficient (Wildman–Crippen LogP) is 3.55. The van der Waals surface area contributed by atoms with Gasteiger partial charge in [0.15, 0.2) is 0 Å². The van der Waals surface area contributed by atoms with Crippen LogP contribution in [0.1, 0.15) is 45.6 Å². The van der Waals surface area contributed by atoms with Crippen LogP contribution in [0.25, 0.3) is 0 Å². The SMILES string of the molecule is Cc1c(C(=O)N2CCC(N3CC4COCC4C3)CC2)ncnc1N1CCc2ccc(C(F)(F)F)cc2C1. The number of ether oxygens (including phenoxy) is 1. The highest BCUT2D eigenvalue weighted by molar-refractivity contribution is 5.94. The van der Waals surface area contributed by atoms with E-state index in [9.17, 15) is 18.0 Å². The maximum atomic E-state index is 13.5. The number of anilines is 1. The largest absolute Gasteiger partial charge is 0.416 e. The summed E-state index contributed by atoms with van der Waals surface area (Å²) in [6, 6.07) is 4.46. The van der Waals surface area contributed by atoms with E-state index in [2.05, 4.69) is 14.9 Å². The van der Waals surface area contributed by atoms with Crippen LogP contribution in [0.5, 0.6) is 0 Å². The number of hydrogen-bond donors (Lipinski definition) is 0. The number of hydrogen-bond acceptors (Lipinski definition) is 6. The number of alkyl halides is 3. The molecule has 1 aromatic carbocycles. The molecule has 0 saturated carbocycles. The number of carbonyl (C=O) groups excluding carboxylic acids is 1. The number of amides is 1. The van der Waals surface area contributed by atoms with Gasteiger partial charge in [-0.3, -0.25) is 9.69 Å². The molecule has 2 atom stereocenters. The molecule has 1 amide bonds. The fourth-order valence-corrected chi connectivity index (χ4v) is 6.49. The molecule has 0 spiro atoms.